The summed E-state index contributed by atoms with van der Waals surface area (Å²) in [5, 5.41) is 3.96. The fourth-order valence-corrected chi connectivity index (χ4v) is 1.92. The number of para-hydroxylation sites is 1. The van der Waals surface area contributed by atoms with Gasteiger partial charge in [0.15, 0.2) is 0 Å². The molecular formula is C12H10BrClN2. The molecule has 2 aromatic rings. The van der Waals surface area contributed by atoms with Gasteiger partial charge in [0.05, 0.1) is 22.9 Å². The van der Waals surface area contributed by atoms with E-state index in [1.54, 1.807) is 0 Å². The molecule has 0 amide bonds. The van der Waals surface area contributed by atoms with Crippen molar-refractivity contribution in [3.8, 4) is 0 Å². The molecule has 1 heterocycles. The van der Waals surface area contributed by atoms with Crippen molar-refractivity contribution in [1.29, 1.82) is 0 Å². The number of pyridine rings is 1. The third kappa shape index (κ3) is 2.97. The van der Waals surface area contributed by atoms with Crippen molar-refractivity contribution in [3.63, 3.8) is 0 Å². The van der Waals surface area contributed by atoms with E-state index in [1.165, 1.54) is 0 Å². The summed E-state index contributed by atoms with van der Waals surface area (Å²) in [6.07, 6.45) is 0. The average molecular weight is 298 g/mol. The highest BCUT2D eigenvalue weighted by Crippen LogP contribution is 2.21. The van der Waals surface area contributed by atoms with Crippen LogP contribution in [0, 0.1) is 0 Å². The molecule has 0 aliphatic rings. The molecule has 2 nitrogen and oxygen atoms in total. The Hall–Kier alpha value is -1.06. The molecule has 0 fully saturated rings. The average Bonchev–Trinajstić information content (AvgIpc) is 2.28. The molecule has 1 N–H and O–H groups in total. The minimum absolute atomic E-state index is 0.656. The van der Waals surface area contributed by atoms with Gasteiger partial charge in [-0.1, -0.05) is 29.8 Å². The summed E-state index contributed by atoms with van der Waals surface area (Å²) in [6.45, 7) is 0.656. The van der Waals surface area contributed by atoms with E-state index in [0.717, 1.165) is 21.0 Å². The molecule has 0 radical (unpaired) electrons. The summed E-state index contributed by atoms with van der Waals surface area (Å²) in [7, 11) is 0. The first-order valence-electron chi connectivity index (χ1n) is 4.85. The van der Waals surface area contributed by atoms with Gasteiger partial charge in [0.2, 0.25) is 0 Å². The van der Waals surface area contributed by atoms with Crippen molar-refractivity contribution in [2.45, 2.75) is 6.54 Å². The minimum atomic E-state index is 0.656. The van der Waals surface area contributed by atoms with Crippen LogP contribution >= 0.6 is 27.5 Å². The van der Waals surface area contributed by atoms with Gasteiger partial charge >= 0.3 is 0 Å². The van der Waals surface area contributed by atoms with E-state index >= 15 is 0 Å². The zero-order valence-electron chi connectivity index (χ0n) is 8.45. The first-order chi connectivity index (χ1) is 7.75. The Morgan fingerprint density at radius 1 is 1.12 bits per heavy atom. The van der Waals surface area contributed by atoms with Crippen LogP contribution in [-0.2, 0) is 6.54 Å². The maximum absolute atomic E-state index is 6.03. The monoisotopic (exact) mass is 296 g/mol. The quantitative estimate of drug-likeness (QED) is 0.862. The molecular weight excluding hydrogens is 288 g/mol. The summed E-state index contributed by atoms with van der Waals surface area (Å²) in [4.78, 5) is 4.33. The lowest BCUT2D eigenvalue weighted by Crippen LogP contribution is -2.01. The van der Waals surface area contributed by atoms with Crippen molar-refractivity contribution >= 4 is 33.2 Å². The first kappa shape index (κ1) is 11.4. The molecule has 1 aromatic heterocycles. The van der Waals surface area contributed by atoms with Gasteiger partial charge in [-0.05, 0) is 40.2 Å². The molecule has 0 atom stereocenters. The highest BCUT2D eigenvalue weighted by molar-refractivity contribution is 9.10. The minimum Gasteiger partial charge on any atom is -0.378 e. The van der Waals surface area contributed by atoms with Crippen molar-refractivity contribution in [2.24, 2.45) is 0 Å². The van der Waals surface area contributed by atoms with E-state index in [0.29, 0.717) is 6.54 Å². The van der Waals surface area contributed by atoms with Crippen LogP contribution in [-0.4, -0.2) is 4.98 Å². The predicted octanol–water partition coefficient (Wildman–Crippen LogP) is 4.11. The van der Waals surface area contributed by atoms with Crippen LogP contribution in [0.2, 0.25) is 5.02 Å². The fraction of sp³-hybridized carbons (Fsp3) is 0.0833. The number of halogens is 2. The van der Waals surface area contributed by atoms with Gasteiger partial charge in [0, 0.05) is 0 Å². The predicted molar refractivity (Wildman–Crippen MR) is 70.7 cm³/mol. The SMILES string of the molecule is Clc1ccccc1NCc1cccc(Br)n1. The Bertz CT molecular complexity index is 488. The Balaban J connectivity index is 2.05. The fourth-order valence-electron chi connectivity index (χ4n) is 1.34. The van der Waals surface area contributed by atoms with Crippen LogP contribution in [0.4, 0.5) is 5.69 Å². The second kappa shape index (κ2) is 5.32. The number of benzene rings is 1. The summed E-state index contributed by atoms with van der Waals surface area (Å²) >= 11 is 9.37. The molecule has 0 saturated heterocycles. The topological polar surface area (TPSA) is 24.9 Å². The molecule has 0 bridgehead atoms. The second-order valence-electron chi connectivity index (χ2n) is 3.29. The lowest BCUT2D eigenvalue weighted by molar-refractivity contribution is 1.03. The Kier molecular flexibility index (Phi) is 3.80. The largest absolute Gasteiger partial charge is 0.378 e. The number of nitrogens with zero attached hydrogens (tertiary/aromatic N) is 1. The van der Waals surface area contributed by atoms with Crippen molar-refractivity contribution in [3.05, 3.63) is 57.8 Å². The van der Waals surface area contributed by atoms with Crippen LogP contribution in [0.25, 0.3) is 0 Å². The van der Waals surface area contributed by atoms with Gasteiger partial charge in [-0.15, -0.1) is 0 Å². The van der Waals surface area contributed by atoms with Crippen LogP contribution in [0.1, 0.15) is 5.69 Å². The zero-order valence-corrected chi connectivity index (χ0v) is 10.8. The number of hydrogen-bond acceptors (Lipinski definition) is 2. The molecule has 2 rings (SSSR count). The molecule has 0 aliphatic heterocycles. The van der Waals surface area contributed by atoms with E-state index in [1.807, 2.05) is 42.5 Å². The molecule has 0 unspecified atom stereocenters. The van der Waals surface area contributed by atoms with Gasteiger partial charge in [0.25, 0.3) is 0 Å². The summed E-state index contributed by atoms with van der Waals surface area (Å²) < 4.78 is 0.839. The molecule has 16 heavy (non-hydrogen) atoms. The molecule has 1 aromatic carbocycles. The van der Waals surface area contributed by atoms with Crippen LogP contribution in [0.3, 0.4) is 0 Å². The molecule has 0 aliphatic carbocycles. The number of aromatic nitrogens is 1. The first-order valence-corrected chi connectivity index (χ1v) is 6.02. The van der Waals surface area contributed by atoms with Gasteiger partial charge in [-0.25, -0.2) is 4.98 Å². The van der Waals surface area contributed by atoms with E-state index in [-0.39, 0.29) is 0 Å². The molecule has 4 heteroatoms. The lowest BCUT2D eigenvalue weighted by atomic mass is 10.3. The molecule has 0 spiro atoms. The Morgan fingerprint density at radius 3 is 2.69 bits per heavy atom. The maximum atomic E-state index is 6.03. The highest BCUT2D eigenvalue weighted by atomic mass is 79.9. The van der Waals surface area contributed by atoms with Gasteiger partial charge in [-0.2, -0.15) is 0 Å². The van der Waals surface area contributed by atoms with Gasteiger partial charge in [0.1, 0.15) is 4.60 Å². The Morgan fingerprint density at radius 2 is 1.94 bits per heavy atom. The van der Waals surface area contributed by atoms with Crippen molar-refractivity contribution in [2.75, 3.05) is 5.32 Å². The number of hydrogen-bond donors (Lipinski definition) is 1. The van der Waals surface area contributed by atoms with E-state index in [4.69, 9.17) is 11.6 Å². The van der Waals surface area contributed by atoms with Gasteiger partial charge in [-0.3, -0.25) is 0 Å². The number of anilines is 1. The summed E-state index contributed by atoms with van der Waals surface area (Å²) in [6, 6.07) is 13.5. The molecule has 0 saturated carbocycles. The van der Waals surface area contributed by atoms with Crippen LogP contribution < -0.4 is 5.32 Å². The van der Waals surface area contributed by atoms with Crippen LogP contribution in [0.15, 0.2) is 47.1 Å². The molecule has 82 valence electrons. The Labute approximate surface area is 108 Å². The summed E-state index contributed by atoms with van der Waals surface area (Å²) in [5.41, 5.74) is 1.89. The van der Waals surface area contributed by atoms with E-state index < -0.39 is 0 Å². The third-order valence-electron chi connectivity index (χ3n) is 2.11. The van der Waals surface area contributed by atoms with E-state index in [2.05, 4.69) is 26.2 Å². The second-order valence-corrected chi connectivity index (χ2v) is 4.50. The maximum Gasteiger partial charge on any atom is 0.106 e. The van der Waals surface area contributed by atoms with Gasteiger partial charge < -0.3 is 5.32 Å². The third-order valence-corrected chi connectivity index (χ3v) is 2.88. The number of nitrogens with one attached hydrogen (secondary N) is 1. The van der Waals surface area contributed by atoms with Crippen molar-refractivity contribution in [1.82, 2.24) is 4.98 Å². The van der Waals surface area contributed by atoms with Crippen LogP contribution in [0.5, 0.6) is 0 Å². The number of rotatable bonds is 3. The smallest absolute Gasteiger partial charge is 0.106 e. The van der Waals surface area contributed by atoms with Crippen molar-refractivity contribution < 1.29 is 0 Å². The highest BCUT2D eigenvalue weighted by Gasteiger charge is 1.99. The summed E-state index contributed by atoms with van der Waals surface area (Å²) in [5.74, 6) is 0. The lowest BCUT2D eigenvalue weighted by Gasteiger charge is -2.07. The standard InChI is InChI=1S/C12H10BrClN2/c13-12-7-3-4-9(16-12)8-15-11-6-2-1-5-10(11)14/h1-7,15H,8H2. The zero-order chi connectivity index (χ0) is 11.4. The van der Waals surface area contributed by atoms with E-state index in [9.17, 15) is 0 Å². The normalized spacial score (nSPS) is 10.1.